The number of halogens is 1. The maximum absolute atomic E-state index is 10.7. The van der Waals surface area contributed by atoms with E-state index in [-0.39, 0.29) is 0 Å². The van der Waals surface area contributed by atoms with Gasteiger partial charge in [-0.05, 0) is 56.5 Å². The van der Waals surface area contributed by atoms with Crippen molar-refractivity contribution in [1.82, 2.24) is 20.0 Å². The van der Waals surface area contributed by atoms with Crippen molar-refractivity contribution in [1.29, 1.82) is 0 Å². The number of aromatic nitrogens is 2. The molecule has 110 valence electrons. The topological polar surface area (TPSA) is 53.3 Å². The summed E-state index contributed by atoms with van der Waals surface area (Å²) in [5.74, 6) is 0. The lowest BCUT2D eigenvalue weighted by Crippen LogP contribution is -2.32. The van der Waals surface area contributed by atoms with Crippen LogP contribution in [0.15, 0.2) is 10.7 Å². The normalized spacial score (nSPS) is 14.9. The molecular weight excluding hydrogens is 308 g/mol. The Morgan fingerprint density at radius 3 is 2.79 bits per heavy atom. The van der Waals surface area contributed by atoms with Gasteiger partial charge >= 0.3 is 0 Å². The SMILES string of the molecule is CCNCCC(C)(O)c1c(Br)cnn1CCN(C)C. The Morgan fingerprint density at radius 2 is 2.21 bits per heavy atom. The van der Waals surface area contributed by atoms with Crippen molar-refractivity contribution in [3.8, 4) is 0 Å². The van der Waals surface area contributed by atoms with E-state index in [4.69, 9.17) is 0 Å². The third kappa shape index (κ3) is 4.87. The molecule has 0 aromatic carbocycles. The van der Waals surface area contributed by atoms with E-state index in [1.54, 1.807) is 6.20 Å². The number of rotatable bonds is 8. The van der Waals surface area contributed by atoms with Crippen LogP contribution in [0.2, 0.25) is 0 Å². The van der Waals surface area contributed by atoms with E-state index >= 15 is 0 Å². The second kappa shape index (κ2) is 7.38. The van der Waals surface area contributed by atoms with Crippen molar-refractivity contribution in [3.63, 3.8) is 0 Å². The first kappa shape index (κ1) is 16.6. The van der Waals surface area contributed by atoms with Crippen LogP contribution in [-0.4, -0.2) is 53.5 Å². The molecule has 0 fully saturated rings. The lowest BCUT2D eigenvalue weighted by Gasteiger charge is -2.25. The average molecular weight is 333 g/mol. The molecule has 1 aromatic heterocycles. The zero-order chi connectivity index (χ0) is 14.5. The smallest absolute Gasteiger partial charge is 0.106 e. The van der Waals surface area contributed by atoms with Gasteiger partial charge in [0.1, 0.15) is 5.60 Å². The zero-order valence-corrected chi connectivity index (χ0v) is 13.9. The van der Waals surface area contributed by atoms with Crippen LogP contribution in [0.3, 0.4) is 0 Å². The summed E-state index contributed by atoms with van der Waals surface area (Å²) in [6.45, 7) is 7.27. The molecule has 0 aliphatic carbocycles. The van der Waals surface area contributed by atoms with E-state index in [0.717, 1.165) is 36.3 Å². The molecule has 1 unspecified atom stereocenters. The molecule has 1 heterocycles. The Morgan fingerprint density at radius 1 is 1.53 bits per heavy atom. The fourth-order valence-corrected chi connectivity index (χ4v) is 2.71. The lowest BCUT2D eigenvalue weighted by molar-refractivity contribution is 0.0376. The minimum Gasteiger partial charge on any atom is -0.384 e. The van der Waals surface area contributed by atoms with Gasteiger partial charge in [-0.25, -0.2) is 0 Å². The van der Waals surface area contributed by atoms with Gasteiger partial charge in [-0.3, -0.25) is 4.68 Å². The maximum atomic E-state index is 10.7. The second-order valence-corrected chi connectivity index (χ2v) is 6.10. The van der Waals surface area contributed by atoms with Gasteiger partial charge in [0.25, 0.3) is 0 Å². The van der Waals surface area contributed by atoms with Crippen molar-refractivity contribution in [2.75, 3.05) is 33.7 Å². The summed E-state index contributed by atoms with van der Waals surface area (Å²) >= 11 is 3.49. The summed E-state index contributed by atoms with van der Waals surface area (Å²) in [6.07, 6.45) is 2.42. The van der Waals surface area contributed by atoms with E-state index in [1.165, 1.54) is 0 Å². The molecule has 1 rings (SSSR count). The van der Waals surface area contributed by atoms with Crippen LogP contribution >= 0.6 is 15.9 Å². The van der Waals surface area contributed by atoms with Gasteiger partial charge < -0.3 is 15.3 Å². The van der Waals surface area contributed by atoms with Gasteiger partial charge in [-0.2, -0.15) is 5.10 Å². The second-order valence-electron chi connectivity index (χ2n) is 5.24. The molecule has 0 aliphatic heterocycles. The molecule has 5 nitrogen and oxygen atoms in total. The van der Waals surface area contributed by atoms with Crippen LogP contribution in [0.5, 0.6) is 0 Å². The molecule has 19 heavy (non-hydrogen) atoms. The minimum absolute atomic E-state index is 0.660. The monoisotopic (exact) mass is 332 g/mol. The molecular formula is C13H25BrN4O. The minimum atomic E-state index is -0.885. The maximum Gasteiger partial charge on any atom is 0.106 e. The molecule has 0 amide bonds. The Balaban J connectivity index is 2.81. The number of nitrogens with zero attached hydrogens (tertiary/aromatic N) is 3. The lowest BCUT2D eigenvalue weighted by atomic mass is 9.98. The summed E-state index contributed by atoms with van der Waals surface area (Å²) in [5, 5.41) is 18.3. The van der Waals surface area contributed by atoms with Gasteiger partial charge in [0.2, 0.25) is 0 Å². The molecule has 1 aromatic rings. The van der Waals surface area contributed by atoms with E-state index in [0.29, 0.717) is 6.42 Å². The highest BCUT2D eigenvalue weighted by atomic mass is 79.9. The quantitative estimate of drug-likeness (QED) is 0.707. The number of hydrogen-bond donors (Lipinski definition) is 2. The Kier molecular flexibility index (Phi) is 6.46. The molecule has 0 radical (unpaired) electrons. The van der Waals surface area contributed by atoms with Crippen molar-refractivity contribution >= 4 is 15.9 Å². The number of hydrogen-bond acceptors (Lipinski definition) is 4. The third-order valence-electron chi connectivity index (χ3n) is 3.10. The number of aliphatic hydroxyl groups is 1. The van der Waals surface area contributed by atoms with Gasteiger partial charge in [0.05, 0.1) is 22.9 Å². The molecule has 1 atom stereocenters. The average Bonchev–Trinajstić information content (AvgIpc) is 2.68. The van der Waals surface area contributed by atoms with E-state index in [2.05, 4.69) is 38.2 Å². The van der Waals surface area contributed by atoms with Crippen LogP contribution in [0, 0.1) is 0 Å². The molecule has 0 spiro atoms. The fraction of sp³-hybridized carbons (Fsp3) is 0.769. The number of likely N-dealkylation sites (N-methyl/N-ethyl adjacent to an activating group) is 1. The van der Waals surface area contributed by atoms with Crippen molar-refractivity contribution < 1.29 is 5.11 Å². The van der Waals surface area contributed by atoms with E-state index < -0.39 is 5.60 Å². The third-order valence-corrected chi connectivity index (χ3v) is 3.68. The molecule has 6 heteroatoms. The van der Waals surface area contributed by atoms with Crippen molar-refractivity contribution in [2.24, 2.45) is 0 Å². The summed E-state index contributed by atoms with van der Waals surface area (Å²) in [6, 6.07) is 0. The van der Waals surface area contributed by atoms with Crippen LogP contribution in [-0.2, 0) is 12.1 Å². The van der Waals surface area contributed by atoms with Crippen molar-refractivity contribution in [2.45, 2.75) is 32.4 Å². The largest absolute Gasteiger partial charge is 0.384 e. The summed E-state index contributed by atoms with van der Waals surface area (Å²) in [5.41, 5.74) is -0.0312. The Hall–Kier alpha value is -0.430. The van der Waals surface area contributed by atoms with Gasteiger partial charge in [0, 0.05) is 6.54 Å². The molecule has 0 saturated heterocycles. The first-order valence-corrected chi connectivity index (χ1v) is 7.47. The molecule has 2 N–H and O–H groups in total. The first-order valence-electron chi connectivity index (χ1n) is 6.68. The van der Waals surface area contributed by atoms with E-state index in [1.807, 2.05) is 25.7 Å². The highest BCUT2D eigenvalue weighted by Gasteiger charge is 2.29. The molecule has 0 saturated carbocycles. The number of nitrogens with one attached hydrogen (secondary N) is 1. The van der Waals surface area contributed by atoms with Gasteiger partial charge in [-0.1, -0.05) is 6.92 Å². The summed E-state index contributed by atoms with van der Waals surface area (Å²) in [4.78, 5) is 2.10. The Labute approximate surface area is 124 Å². The summed E-state index contributed by atoms with van der Waals surface area (Å²) < 4.78 is 2.75. The van der Waals surface area contributed by atoms with E-state index in [9.17, 15) is 5.11 Å². The molecule has 0 bridgehead atoms. The predicted octanol–water partition coefficient (Wildman–Crippen LogP) is 1.41. The first-order chi connectivity index (χ1) is 8.88. The van der Waals surface area contributed by atoms with Crippen LogP contribution in [0.4, 0.5) is 0 Å². The van der Waals surface area contributed by atoms with Gasteiger partial charge in [-0.15, -0.1) is 0 Å². The molecule has 0 aliphatic rings. The fourth-order valence-electron chi connectivity index (χ4n) is 1.99. The van der Waals surface area contributed by atoms with Crippen LogP contribution in [0.1, 0.15) is 26.0 Å². The summed E-state index contributed by atoms with van der Waals surface area (Å²) in [7, 11) is 4.06. The van der Waals surface area contributed by atoms with Crippen LogP contribution in [0.25, 0.3) is 0 Å². The zero-order valence-electron chi connectivity index (χ0n) is 12.3. The van der Waals surface area contributed by atoms with Crippen molar-refractivity contribution in [3.05, 3.63) is 16.4 Å². The standard InChI is InChI=1S/C13H25BrN4O/c1-5-15-7-6-13(2,19)12-11(14)10-16-18(12)9-8-17(3)4/h10,15,19H,5-9H2,1-4H3. The Bertz CT molecular complexity index is 390. The van der Waals surface area contributed by atoms with Crippen LogP contribution < -0.4 is 5.32 Å². The highest BCUT2D eigenvalue weighted by molar-refractivity contribution is 9.10. The highest BCUT2D eigenvalue weighted by Crippen LogP contribution is 2.30. The predicted molar refractivity (Wildman–Crippen MR) is 81.2 cm³/mol. The van der Waals surface area contributed by atoms with Gasteiger partial charge in [0.15, 0.2) is 0 Å².